The van der Waals surface area contributed by atoms with Gasteiger partial charge >= 0.3 is 5.97 Å². The van der Waals surface area contributed by atoms with Crippen LogP contribution < -0.4 is 0 Å². The summed E-state index contributed by atoms with van der Waals surface area (Å²) < 4.78 is 24.3. The molecule has 1 rings (SSSR count). The molecule has 5 heteroatoms. The van der Waals surface area contributed by atoms with Gasteiger partial charge in [-0.15, -0.1) is 0 Å². The minimum Gasteiger partial charge on any atom is -0.479 e. The molecule has 2 N–H and O–H groups in total. The van der Waals surface area contributed by atoms with E-state index in [2.05, 4.69) is 0 Å². The van der Waals surface area contributed by atoms with Crippen LogP contribution in [0.2, 0.25) is 0 Å². The lowest BCUT2D eigenvalue weighted by molar-refractivity contribution is -0.147. The maximum atomic E-state index is 12.1. The predicted octanol–water partition coefficient (Wildman–Crippen LogP) is 1.61. The van der Waals surface area contributed by atoms with Gasteiger partial charge in [0.1, 0.15) is 0 Å². The lowest BCUT2D eigenvalue weighted by atomic mass is 10.0. The topological polar surface area (TPSA) is 57.5 Å². The molecule has 0 heterocycles. The van der Waals surface area contributed by atoms with E-state index in [1.165, 1.54) is 24.3 Å². The summed E-state index contributed by atoms with van der Waals surface area (Å²) in [7, 11) is 0. The standard InChI is InChI=1S/C10H10F2O3/c11-8(12)5-6-3-1-2-4-7(6)9(13)10(14)15/h1-4,8-9,13H,5H2,(H,14,15). The van der Waals surface area contributed by atoms with Crippen molar-refractivity contribution in [1.29, 1.82) is 0 Å². The van der Waals surface area contributed by atoms with Gasteiger partial charge in [-0.05, 0) is 11.1 Å². The molecule has 0 fully saturated rings. The summed E-state index contributed by atoms with van der Waals surface area (Å²) in [6.45, 7) is 0. The van der Waals surface area contributed by atoms with Crippen LogP contribution in [0.15, 0.2) is 24.3 Å². The molecule has 3 nitrogen and oxygen atoms in total. The van der Waals surface area contributed by atoms with Crippen molar-refractivity contribution in [3.05, 3.63) is 35.4 Å². The number of rotatable bonds is 4. The number of halogens is 2. The highest BCUT2D eigenvalue weighted by molar-refractivity contribution is 5.74. The SMILES string of the molecule is O=C(O)C(O)c1ccccc1CC(F)F. The fraction of sp³-hybridized carbons (Fsp3) is 0.300. The zero-order valence-corrected chi connectivity index (χ0v) is 7.73. The average Bonchev–Trinajstić information content (AvgIpc) is 2.16. The molecule has 0 spiro atoms. The molecule has 0 amide bonds. The maximum Gasteiger partial charge on any atom is 0.337 e. The molecule has 0 radical (unpaired) electrons. The van der Waals surface area contributed by atoms with Crippen molar-refractivity contribution in [3.63, 3.8) is 0 Å². The Hall–Kier alpha value is -1.49. The summed E-state index contributed by atoms with van der Waals surface area (Å²) in [6, 6.07) is 5.73. The molecule has 15 heavy (non-hydrogen) atoms. The Kier molecular flexibility index (Phi) is 3.74. The largest absolute Gasteiger partial charge is 0.479 e. The smallest absolute Gasteiger partial charge is 0.337 e. The first-order valence-corrected chi connectivity index (χ1v) is 4.29. The van der Waals surface area contributed by atoms with Gasteiger partial charge in [0.25, 0.3) is 0 Å². The second kappa shape index (κ2) is 4.84. The molecular formula is C10H10F2O3. The van der Waals surface area contributed by atoms with Crippen molar-refractivity contribution in [2.75, 3.05) is 0 Å². The number of aliphatic hydroxyl groups excluding tert-OH is 1. The van der Waals surface area contributed by atoms with Crippen LogP contribution in [0.25, 0.3) is 0 Å². The van der Waals surface area contributed by atoms with Crippen LogP contribution in [0, 0.1) is 0 Å². The predicted molar refractivity (Wildman–Crippen MR) is 48.7 cm³/mol. The maximum absolute atomic E-state index is 12.1. The Balaban J connectivity index is 3.00. The summed E-state index contributed by atoms with van der Waals surface area (Å²) in [4.78, 5) is 10.5. The molecule has 0 saturated heterocycles. The van der Waals surface area contributed by atoms with Crippen LogP contribution in [0.4, 0.5) is 8.78 Å². The second-order valence-corrected chi connectivity index (χ2v) is 3.03. The average molecular weight is 216 g/mol. The number of benzene rings is 1. The summed E-state index contributed by atoms with van der Waals surface area (Å²) in [5, 5.41) is 17.8. The molecule has 0 aliphatic carbocycles. The first-order valence-electron chi connectivity index (χ1n) is 4.29. The Morgan fingerprint density at radius 1 is 1.33 bits per heavy atom. The van der Waals surface area contributed by atoms with Gasteiger partial charge in [-0.2, -0.15) is 0 Å². The Morgan fingerprint density at radius 2 is 1.93 bits per heavy atom. The van der Waals surface area contributed by atoms with E-state index in [1.54, 1.807) is 0 Å². The molecule has 1 atom stereocenters. The molecule has 0 aliphatic rings. The highest BCUT2D eigenvalue weighted by Gasteiger charge is 2.20. The molecule has 0 saturated carbocycles. The van der Waals surface area contributed by atoms with E-state index in [4.69, 9.17) is 5.11 Å². The number of hydrogen-bond acceptors (Lipinski definition) is 2. The van der Waals surface area contributed by atoms with Gasteiger partial charge in [-0.25, -0.2) is 13.6 Å². The zero-order chi connectivity index (χ0) is 11.4. The van der Waals surface area contributed by atoms with Crippen molar-refractivity contribution in [3.8, 4) is 0 Å². The van der Waals surface area contributed by atoms with Gasteiger partial charge < -0.3 is 10.2 Å². The summed E-state index contributed by atoms with van der Waals surface area (Å²) in [5.74, 6) is -1.45. The van der Waals surface area contributed by atoms with Gasteiger partial charge in [-0.1, -0.05) is 24.3 Å². The van der Waals surface area contributed by atoms with Gasteiger partial charge in [0.2, 0.25) is 6.43 Å². The first kappa shape index (κ1) is 11.6. The van der Waals surface area contributed by atoms with E-state index in [1.807, 2.05) is 0 Å². The zero-order valence-electron chi connectivity index (χ0n) is 7.73. The van der Waals surface area contributed by atoms with Crippen LogP contribution >= 0.6 is 0 Å². The van der Waals surface area contributed by atoms with E-state index in [0.29, 0.717) is 0 Å². The molecule has 0 aromatic heterocycles. The van der Waals surface area contributed by atoms with Crippen LogP contribution in [-0.4, -0.2) is 22.6 Å². The van der Waals surface area contributed by atoms with Gasteiger partial charge in [-0.3, -0.25) is 0 Å². The highest BCUT2D eigenvalue weighted by Crippen LogP contribution is 2.20. The lowest BCUT2D eigenvalue weighted by Crippen LogP contribution is -2.13. The Bertz CT molecular complexity index is 352. The van der Waals surface area contributed by atoms with Crippen molar-refractivity contribution in [2.45, 2.75) is 19.0 Å². The van der Waals surface area contributed by atoms with Gasteiger partial charge in [0.05, 0.1) is 0 Å². The third kappa shape index (κ3) is 2.99. The highest BCUT2D eigenvalue weighted by atomic mass is 19.3. The molecule has 0 bridgehead atoms. The monoisotopic (exact) mass is 216 g/mol. The number of carbonyl (C=O) groups is 1. The van der Waals surface area contributed by atoms with E-state index >= 15 is 0 Å². The van der Waals surface area contributed by atoms with Crippen LogP contribution in [-0.2, 0) is 11.2 Å². The lowest BCUT2D eigenvalue weighted by Gasteiger charge is -2.11. The minimum atomic E-state index is -2.56. The summed E-state index contributed by atoms with van der Waals surface area (Å²) >= 11 is 0. The van der Waals surface area contributed by atoms with E-state index < -0.39 is 24.9 Å². The number of alkyl halides is 2. The van der Waals surface area contributed by atoms with Gasteiger partial charge in [0.15, 0.2) is 6.10 Å². The number of hydrogen-bond donors (Lipinski definition) is 2. The molecule has 1 unspecified atom stereocenters. The fourth-order valence-corrected chi connectivity index (χ4v) is 1.29. The van der Waals surface area contributed by atoms with Crippen molar-refractivity contribution in [1.82, 2.24) is 0 Å². The van der Waals surface area contributed by atoms with E-state index in [0.717, 1.165) is 0 Å². The van der Waals surface area contributed by atoms with E-state index in [9.17, 15) is 18.7 Å². The van der Waals surface area contributed by atoms with Crippen molar-refractivity contribution >= 4 is 5.97 Å². The quantitative estimate of drug-likeness (QED) is 0.803. The van der Waals surface area contributed by atoms with Crippen molar-refractivity contribution < 1.29 is 23.8 Å². The van der Waals surface area contributed by atoms with Gasteiger partial charge in [0, 0.05) is 6.42 Å². The molecule has 0 aliphatic heterocycles. The van der Waals surface area contributed by atoms with E-state index in [-0.39, 0.29) is 11.1 Å². The number of aliphatic carboxylic acids is 1. The molecule has 82 valence electrons. The number of carboxylic acids is 1. The third-order valence-corrected chi connectivity index (χ3v) is 1.96. The summed E-state index contributed by atoms with van der Waals surface area (Å²) in [6.07, 6.45) is -4.87. The fourth-order valence-electron chi connectivity index (χ4n) is 1.29. The molecule has 1 aromatic rings. The van der Waals surface area contributed by atoms with Crippen LogP contribution in [0.5, 0.6) is 0 Å². The number of aliphatic hydroxyl groups is 1. The number of carboxylic acid groups (broad SMARTS) is 1. The normalized spacial score (nSPS) is 12.8. The van der Waals surface area contributed by atoms with Crippen LogP contribution in [0.1, 0.15) is 17.2 Å². The first-order chi connectivity index (χ1) is 7.02. The third-order valence-electron chi connectivity index (χ3n) is 1.96. The second-order valence-electron chi connectivity index (χ2n) is 3.03. The Morgan fingerprint density at radius 3 is 2.47 bits per heavy atom. The molecular weight excluding hydrogens is 206 g/mol. The minimum absolute atomic E-state index is 0.0188. The molecule has 1 aromatic carbocycles. The Labute approximate surface area is 85.0 Å². The summed E-state index contributed by atoms with van der Waals surface area (Å²) in [5.41, 5.74) is 0.174. The van der Waals surface area contributed by atoms with Crippen LogP contribution in [0.3, 0.4) is 0 Å². The van der Waals surface area contributed by atoms with Crippen molar-refractivity contribution in [2.24, 2.45) is 0 Å².